The van der Waals surface area contributed by atoms with E-state index >= 15 is 0 Å². The van der Waals surface area contributed by atoms with Crippen LogP contribution in [0.5, 0.6) is 0 Å². The van der Waals surface area contributed by atoms with E-state index in [1.807, 2.05) is 0 Å². The smallest absolute Gasteiger partial charge is 0.300 e. The third-order valence-corrected chi connectivity index (χ3v) is 4.12. The highest BCUT2D eigenvalue weighted by Gasteiger charge is 2.26. The van der Waals surface area contributed by atoms with Crippen LogP contribution in [0.1, 0.15) is 30.1 Å². The fourth-order valence-corrected chi connectivity index (χ4v) is 2.98. The van der Waals surface area contributed by atoms with E-state index in [4.69, 9.17) is 11.6 Å². The van der Waals surface area contributed by atoms with Gasteiger partial charge in [-0.1, -0.05) is 24.6 Å². The van der Waals surface area contributed by atoms with Gasteiger partial charge in [-0.25, -0.2) is 0 Å². The number of nitro groups is 1. The third kappa shape index (κ3) is 3.51. The van der Waals surface area contributed by atoms with Crippen molar-refractivity contribution in [3.8, 4) is 0 Å². The zero-order chi connectivity index (χ0) is 15.4. The van der Waals surface area contributed by atoms with Gasteiger partial charge < -0.3 is 5.32 Å². The molecule has 1 atom stereocenters. The molecule has 0 spiro atoms. The predicted molar refractivity (Wildman–Crippen MR) is 80.7 cm³/mol. The van der Waals surface area contributed by atoms with Crippen LogP contribution in [-0.2, 0) is 0 Å². The molecule has 1 aliphatic heterocycles. The van der Waals surface area contributed by atoms with Gasteiger partial charge in [-0.05, 0) is 38.1 Å². The minimum Gasteiger partial charge on any atom is -0.350 e. The van der Waals surface area contributed by atoms with E-state index in [9.17, 15) is 14.9 Å². The van der Waals surface area contributed by atoms with Crippen molar-refractivity contribution < 1.29 is 9.72 Å². The van der Waals surface area contributed by atoms with Gasteiger partial charge in [-0.3, -0.25) is 19.8 Å². The summed E-state index contributed by atoms with van der Waals surface area (Å²) in [7, 11) is 0. The molecular formula is C14H18ClN3O3. The zero-order valence-electron chi connectivity index (χ0n) is 11.8. The molecule has 0 bridgehead atoms. The molecule has 0 aliphatic carbocycles. The summed E-state index contributed by atoms with van der Waals surface area (Å²) in [5.74, 6) is -0.452. The molecule has 2 rings (SSSR count). The fraction of sp³-hybridized carbons (Fsp3) is 0.500. The van der Waals surface area contributed by atoms with E-state index in [-0.39, 0.29) is 16.3 Å². The number of hydrogen-bond acceptors (Lipinski definition) is 4. The number of hydrogen-bond donors (Lipinski definition) is 1. The average molecular weight is 312 g/mol. The molecule has 0 aromatic heterocycles. The molecule has 1 aliphatic rings. The van der Waals surface area contributed by atoms with Crippen LogP contribution in [0.25, 0.3) is 0 Å². The first-order chi connectivity index (χ1) is 10.0. The van der Waals surface area contributed by atoms with Gasteiger partial charge >= 0.3 is 5.69 Å². The summed E-state index contributed by atoms with van der Waals surface area (Å²) in [6, 6.07) is 4.67. The van der Waals surface area contributed by atoms with E-state index in [2.05, 4.69) is 17.1 Å². The number of para-hydroxylation sites is 1. The van der Waals surface area contributed by atoms with Gasteiger partial charge in [0.1, 0.15) is 10.6 Å². The monoisotopic (exact) mass is 311 g/mol. The lowest BCUT2D eigenvalue weighted by Crippen LogP contribution is -2.40. The Bertz CT molecular complexity index is 550. The Hall–Kier alpha value is -1.66. The normalized spacial score (nSPS) is 18.7. The number of carbonyl (C=O) groups excluding carboxylic acids is 1. The second-order valence-electron chi connectivity index (χ2n) is 5.03. The first-order valence-electron chi connectivity index (χ1n) is 6.99. The maximum absolute atomic E-state index is 12.2. The second-order valence-corrected chi connectivity index (χ2v) is 5.43. The third-order valence-electron chi connectivity index (χ3n) is 3.82. The van der Waals surface area contributed by atoms with E-state index in [1.54, 1.807) is 0 Å². The first-order valence-corrected chi connectivity index (χ1v) is 7.37. The van der Waals surface area contributed by atoms with E-state index < -0.39 is 10.8 Å². The molecule has 1 unspecified atom stereocenters. The van der Waals surface area contributed by atoms with Crippen molar-refractivity contribution in [3.05, 3.63) is 38.9 Å². The highest BCUT2D eigenvalue weighted by Crippen LogP contribution is 2.28. The summed E-state index contributed by atoms with van der Waals surface area (Å²) in [5, 5.41) is 13.8. The Morgan fingerprint density at radius 2 is 2.33 bits per heavy atom. The molecule has 7 heteroatoms. The molecule has 6 nitrogen and oxygen atoms in total. The Kier molecular flexibility index (Phi) is 5.14. The molecule has 1 aromatic carbocycles. The Labute approximate surface area is 128 Å². The predicted octanol–water partition coefficient (Wildman–Crippen LogP) is 2.46. The molecule has 0 radical (unpaired) electrons. The molecule has 1 amide bonds. The van der Waals surface area contributed by atoms with Gasteiger partial charge in [0.2, 0.25) is 0 Å². The van der Waals surface area contributed by atoms with E-state index in [0.29, 0.717) is 12.6 Å². The van der Waals surface area contributed by atoms with Crippen molar-refractivity contribution in [2.45, 2.75) is 25.8 Å². The summed E-state index contributed by atoms with van der Waals surface area (Å²) in [5.41, 5.74) is -0.330. The Morgan fingerprint density at radius 1 is 1.57 bits per heavy atom. The minimum absolute atomic E-state index is 0.00791. The Balaban J connectivity index is 2.07. The van der Waals surface area contributed by atoms with Crippen LogP contribution < -0.4 is 5.32 Å². The molecular weight excluding hydrogens is 294 g/mol. The summed E-state index contributed by atoms with van der Waals surface area (Å²) >= 11 is 5.81. The van der Waals surface area contributed by atoms with Crippen LogP contribution in [0.3, 0.4) is 0 Å². The topological polar surface area (TPSA) is 75.5 Å². The number of amides is 1. The van der Waals surface area contributed by atoms with Crippen molar-refractivity contribution in [1.82, 2.24) is 10.2 Å². The van der Waals surface area contributed by atoms with Crippen LogP contribution >= 0.6 is 11.6 Å². The number of rotatable bonds is 5. The summed E-state index contributed by atoms with van der Waals surface area (Å²) < 4.78 is 0. The summed E-state index contributed by atoms with van der Waals surface area (Å²) in [4.78, 5) is 24.9. The van der Waals surface area contributed by atoms with Crippen LogP contribution in [0, 0.1) is 10.1 Å². The van der Waals surface area contributed by atoms with Crippen LogP contribution in [0.15, 0.2) is 18.2 Å². The number of halogens is 1. The molecule has 21 heavy (non-hydrogen) atoms. The molecule has 1 aromatic rings. The number of benzene rings is 1. The zero-order valence-corrected chi connectivity index (χ0v) is 12.6. The lowest BCUT2D eigenvalue weighted by atomic mass is 10.1. The molecule has 1 N–H and O–H groups in total. The van der Waals surface area contributed by atoms with Gasteiger partial charge in [0.25, 0.3) is 5.91 Å². The largest absolute Gasteiger partial charge is 0.350 e. The van der Waals surface area contributed by atoms with Gasteiger partial charge in [0, 0.05) is 12.6 Å². The number of likely N-dealkylation sites (tertiary alicyclic amines) is 1. The highest BCUT2D eigenvalue weighted by atomic mass is 35.5. The lowest BCUT2D eigenvalue weighted by molar-refractivity contribution is -0.385. The standard InChI is InChI=1S/C14H18ClN3O3/c1-2-17-8-4-5-10(17)9-16-14(19)11-6-3-7-12(15)13(11)18(20)21/h3,6-7,10H,2,4-5,8-9H2,1H3,(H,16,19). The molecule has 1 heterocycles. The number of nitrogens with one attached hydrogen (secondary N) is 1. The van der Waals surface area contributed by atoms with Crippen molar-refractivity contribution >= 4 is 23.2 Å². The van der Waals surface area contributed by atoms with Crippen molar-refractivity contribution in [2.24, 2.45) is 0 Å². The number of nitro benzene ring substituents is 1. The molecule has 0 saturated carbocycles. The molecule has 1 saturated heterocycles. The quantitative estimate of drug-likeness (QED) is 0.669. The van der Waals surface area contributed by atoms with Gasteiger partial charge in [0.05, 0.1) is 4.92 Å². The molecule has 114 valence electrons. The average Bonchev–Trinajstić information content (AvgIpc) is 2.91. The minimum atomic E-state index is -0.620. The maximum atomic E-state index is 12.2. The Morgan fingerprint density at radius 3 is 3.00 bits per heavy atom. The van der Waals surface area contributed by atoms with Crippen molar-refractivity contribution in [3.63, 3.8) is 0 Å². The molecule has 1 fully saturated rings. The van der Waals surface area contributed by atoms with E-state index in [1.165, 1.54) is 18.2 Å². The highest BCUT2D eigenvalue weighted by molar-refractivity contribution is 6.33. The second kappa shape index (κ2) is 6.87. The number of carbonyl (C=O) groups is 1. The fourth-order valence-electron chi connectivity index (χ4n) is 2.73. The van der Waals surface area contributed by atoms with Gasteiger partial charge in [-0.15, -0.1) is 0 Å². The summed E-state index contributed by atoms with van der Waals surface area (Å²) in [6.07, 6.45) is 2.15. The van der Waals surface area contributed by atoms with Crippen LogP contribution in [0.4, 0.5) is 5.69 Å². The van der Waals surface area contributed by atoms with E-state index in [0.717, 1.165) is 25.9 Å². The number of likely N-dealkylation sites (N-methyl/N-ethyl adjacent to an activating group) is 1. The SMILES string of the molecule is CCN1CCCC1CNC(=O)c1cccc(Cl)c1[N+](=O)[O-]. The lowest BCUT2D eigenvalue weighted by Gasteiger charge is -2.22. The van der Waals surface area contributed by atoms with Crippen LogP contribution in [0.2, 0.25) is 5.02 Å². The maximum Gasteiger partial charge on any atom is 0.300 e. The number of nitrogens with zero attached hydrogens (tertiary/aromatic N) is 2. The van der Waals surface area contributed by atoms with Gasteiger partial charge in [0.15, 0.2) is 0 Å². The van der Waals surface area contributed by atoms with Gasteiger partial charge in [-0.2, -0.15) is 0 Å². The first kappa shape index (κ1) is 15.7. The van der Waals surface area contributed by atoms with Crippen molar-refractivity contribution in [2.75, 3.05) is 19.6 Å². The van der Waals surface area contributed by atoms with Crippen LogP contribution in [-0.4, -0.2) is 41.4 Å². The summed E-state index contributed by atoms with van der Waals surface area (Å²) in [6.45, 7) is 4.56. The van der Waals surface area contributed by atoms with Crippen molar-refractivity contribution in [1.29, 1.82) is 0 Å².